The number of nitrogen functional groups attached to an aromatic ring is 1. The van der Waals surface area contributed by atoms with E-state index in [9.17, 15) is 4.39 Å². The van der Waals surface area contributed by atoms with E-state index in [-0.39, 0.29) is 5.82 Å². The molecule has 3 nitrogen and oxygen atoms in total. The third-order valence-corrected chi connectivity index (χ3v) is 2.22. The first-order chi connectivity index (χ1) is 7.65. The topological polar surface area (TPSA) is 50.9 Å². The zero-order valence-corrected chi connectivity index (χ0v) is 9.00. The number of nitrogens with zero attached hydrogens (tertiary/aromatic N) is 1. The van der Waals surface area contributed by atoms with E-state index in [1.807, 2.05) is 0 Å². The molecule has 2 aromatic rings. The summed E-state index contributed by atoms with van der Waals surface area (Å²) in [6.45, 7) is 0. The first kappa shape index (κ1) is 10.7. The van der Waals surface area contributed by atoms with Gasteiger partial charge in [0.15, 0.2) is 0 Å². The Morgan fingerprint density at radius 2 is 2.06 bits per heavy atom. The third kappa shape index (κ3) is 2.41. The van der Waals surface area contributed by atoms with E-state index in [1.54, 1.807) is 18.3 Å². The molecule has 16 heavy (non-hydrogen) atoms. The maximum Gasteiger partial charge on any atom is 0.146 e. The van der Waals surface area contributed by atoms with Gasteiger partial charge in [-0.05, 0) is 24.3 Å². The van der Waals surface area contributed by atoms with Crippen molar-refractivity contribution < 1.29 is 4.39 Å². The summed E-state index contributed by atoms with van der Waals surface area (Å²) in [6.07, 6.45) is 1.54. The van der Waals surface area contributed by atoms with Gasteiger partial charge in [0.2, 0.25) is 0 Å². The van der Waals surface area contributed by atoms with Gasteiger partial charge >= 0.3 is 0 Å². The molecule has 5 heteroatoms. The van der Waals surface area contributed by atoms with E-state index in [1.165, 1.54) is 18.2 Å². The fourth-order valence-corrected chi connectivity index (χ4v) is 1.45. The Labute approximate surface area is 97.1 Å². The summed E-state index contributed by atoms with van der Waals surface area (Å²) in [5, 5.41) is 3.34. The maximum absolute atomic E-state index is 13.4. The molecule has 0 atom stereocenters. The van der Waals surface area contributed by atoms with E-state index in [0.717, 1.165) is 0 Å². The molecule has 1 aromatic heterocycles. The molecule has 0 aliphatic rings. The predicted molar refractivity (Wildman–Crippen MR) is 63.3 cm³/mol. The molecule has 0 bridgehead atoms. The minimum atomic E-state index is -0.375. The Hall–Kier alpha value is -1.81. The highest BCUT2D eigenvalue weighted by Crippen LogP contribution is 2.23. The van der Waals surface area contributed by atoms with Crippen molar-refractivity contribution in [3.63, 3.8) is 0 Å². The summed E-state index contributed by atoms with van der Waals surface area (Å²) < 4.78 is 13.4. The highest BCUT2D eigenvalue weighted by atomic mass is 35.5. The van der Waals surface area contributed by atoms with Crippen molar-refractivity contribution in [2.75, 3.05) is 11.1 Å². The minimum Gasteiger partial charge on any atom is -0.384 e. The zero-order chi connectivity index (χ0) is 11.5. The van der Waals surface area contributed by atoms with Crippen molar-refractivity contribution in [1.29, 1.82) is 0 Å². The van der Waals surface area contributed by atoms with E-state index in [4.69, 9.17) is 17.3 Å². The highest BCUT2D eigenvalue weighted by Gasteiger charge is 2.03. The molecule has 1 heterocycles. The molecule has 0 unspecified atom stereocenters. The third-order valence-electron chi connectivity index (χ3n) is 1.99. The first-order valence-corrected chi connectivity index (χ1v) is 4.96. The van der Waals surface area contributed by atoms with Crippen molar-refractivity contribution in [1.82, 2.24) is 4.98 Å². The lowest BCUT2D eigenvalue weighted by molar-refractivity contribution is 0.632. The number of benzene rings is 1. The van der Waals surface area contributed by atoms with Crippen LogP contribution in [0.4, 0.5) is 21.6 Å². The molecule has 0 amide bonds. The smallest absolute Gasteiger partial charge is 0.146 e. The number of aromatic nitrogens is 1. The van der Waals surface area contributed by atoms with Gasteiger partial charge in [-0.1, -0.05) is 11.6 Å². The molecule has 3 N–H and O–H groups in total. The molecule has 0 fully saturated rings. The van der Waals surface area contributed by atoms with Crippen LogP contribution in [0.15, 0.2) is 36.5 Å². The quantitative estimate of drug-likeness (QED) is 0.843. The van der Waals surface area contributed by atoms with Crippen LogP contribution in [0, 0.1) is 5.82 Å². The number of nitrogens with one attached hydrogen (secondary N) is 1. The lowest BCUT2D eigenvalue weighted by Gasteiger charge is -2.08. The van der Waals surface area contributed by atoms with Crippen LogP contribution in [0.25, 0.3) is 0 Å². The van der Waals surface area contributed by atoms with Crippen molar-refractivity contribution in [3.05, 3.63) is 47.4 Å². The number of nitrogens with two attached hydrogens (primary N) is 1. The van der Waals surface area contributed by atoms with Gasteiger partial charge < -0.3 is 11.1 Å². The number of rotatable bonds is 2. The number of hydrogen-bond donors (Lipinski definition) is 2. The molecule has 0 saturated carbocycles. The molecule has 0 aliphatic heterocycles. The Morgan fingerprint density at radius 3 is 2.81 bits per heavy atom. The second-order valence-corrected chi connectivity index (χ2v) is 3.65. The number of halogens is 2. The van der Waals surface area contributed by atoms with Gasteiger partial charge in [-0.2, -0.15) is 0 Å². The molecular formula is C11H9ClFN3. The molecule has 82 valence electrons. The van der Waals surface area contributed by atoms with Gasteiger partial charge in [-0.3, -0.25) is 0 Å². The maximum atomic E-state index is 13.4. The largest absolute Gasteiger partial charge is 0.384 e. The summed E-state index contributed by atoms with van der Waals surface area (Å²) in [5.41, 5.74) is 6.47. The second-order valence-electron chi connectivity index (χ2n) is 3.22. The minimum absolute atomic E-state index is 0.304. The van der Waals surface area contributed by atoms with Crippen LogP contribution in [-0.4, -0.2) is 4.98 Å². The molecule has 1 aromatic carbocycles. The van der Waals surface area contributed by atoms with Crippen molar-refractivity contribution in [2.24, 2.45) is 0 Å². The summed E-state index contributed by atoms with van der Waals surface area (Å²) in [4.78, 5) is 3.84. The van der Waals surface area contributed by atoms with Crippen LogP contribution in [0.1, 0.15) is 0 Å². The van der Waals surface area contributed by atoms with E-state index < -0.39 is 0 Å². The zero-order valence-electron chi connectivity index (χ0n) is 8.24. The van der Waals surface area contributed by atoms with E-state index in [2.05, 4.69) is 10.3 Å². The van der Waals surface area contributed by atoms with Crippen molar-refractivity contribution in [3.8, 4) is 0 Å². The normalized spacial score (nSPS) is 10.1. The highest BCUT2D eigenvalue weighted by molar-refractivity contribution is 6.30. The van der Waals surface area contributed by atoms with Crippen molar-refractivity contribution in [2.45, 2.75) is 0 Å². The molecular weight excluding hydrogens is 229 g/mol. The standard InChI is InChI=1S/C11H9ClFN3/c12-7-1-2-9(13)10(5-7)16-8-3-4-15-11(14)6-8/h1-6H,(H3,14,15,16). The average Bonchev–Trinajstić information content (AvgIpc) is 2.24. The second kappa shape index (κ2) is 4.37. The van der Waals surface area contributed by atoms with Crippen LogP contribution < -0.4 is 11.1 Å². The number of pyridine rings is 1. The Kier molecular flexibility index (Phi) is 2.92. The predicted octanol–water partition coefficient (Wildman–Crippen LogP) is 3.20. The van der Waals surface area contributed by atoms with Gasteiger partial charge in [0.05, 0.1) is 5.69 Å². The van der Waals surface area contributed by atoms with E-state index >= 15 is 0 Å². The lowest BCUT2D eigenvalue weighted by atomic mass is 10.3. The fourth-order valence-electron chi connectivity index (χ4n) is 1.27. The molecule has 2 rings (SSSR count). The van der Waals surface area contributed by atoms with Crippen LogP contribution in [0.5, 0.6) is 0 Å². The van der Waals surface area contributed by atoms with Crippen LogP contribution in [0.2, 0.25) is 5.02 Å². The monoisotopic (exact) mass is 237 g/mol. The molecule has 0 radical (unpaired) electrons. The number of hydrogen-bond acceptors (Lipinski definition) is 3. The Balaban J connectivity index is 2.30. The van der Waals surface area contributed by atoms with Gasteiger partial charge in [-0.15, -0.1) is 0 Å². The number of anilines is 3. The SMILES string of the molecule is Nc1cc(Nc2cc(Cl)ccc2F)ccn1. The van der Waals surface area contributed by atoms with Crippen molar-refractivity contribution >= 4 is 28.8 Å². The Bertz CT molecular complexity index is 516. The molecule has 0 aliphatic carbocycles. The van der Waals surface area contributed by atoms with Crippen LogP contribution in [0.3, 0.4) is 0 Å². The summed E-state index contributed by atoms with van der Waals surface area (Å²) in [7, 11) is 0. The summed E-state index contributed by atoms with van der Waals surface area (Å²) >= 11 is 5.77. The van der Waals surface area contributed by atoms with E-state index in [0.29, 0.717) is 22.2 Å². The van der Waals surface area contributed by atoms with Crippen LogP contribution in [-0.2, 0) is 0 Å². The van der Waals surface area contributed by atoms with Gasteiger partial charge in [0.25, 0.3) is 0 Å². The lowest BCUT2D eigenvalue weighted by Crippen LogP contribution is -1.96. The molecule has 0 saturated heterocycles. The van der Waals surface area contributed by atoms with Gasteiger partial charge in [0.1, 0.15) is 11.6 Å². The summed E-state index contributed by atoms with van der Waals surface area (Å²) in [5.74, 6) is -0.00720. The first-order valence-electron chi connectivity index (χ1n) is 4.59. The average molecular weight is 238 g/mol. The Morgan fingerprint density at radius 1 is 1.25 bits per heavy atom. The fraction of sp³-hybridized carbons (Fsp3) is 0. The van der Waals surface area contributed by atoms with Crippen LogP contribution >= 0.6 is 11.6 Å². The van der Waals surface area contributed by atoms with Gasteiger partial charge in [-0.25, -0.2) is 9.37 Å². The summed E-state index contributed by atoms with van der Waals surface area (Å²) in [6, 6.07) is 7.60. The van der Waals surface area contributed by atoms with Gasteiger partial charge in [0, 0.05) is 23.0 Å². The molecule has 0 spiro atoms.